The van der Waals surface area contributed by atoms with Gasteiger partial charge in [-0.3, -0.25) is 9.78 Å². The van der Waals surface area contributed by atoms with Crippen molar-refractivity contribution >= 4 is 22.9 Å². The molecule has 1 aliphatic rings. The standard InChI is InChI=1S/C18H17N3O/c19-13-14-8-11-21(12-9-14)18(22)6-5-15-7-10-20-17-4-2-1-3-16(15)17/h1-7,10,14H,8-9,11-12H2/b6-5+. The predicted molar refractivity (Wildman–Crippen MR) is 85.7 cm³/mol. The number of nitriles is 1. The molecule has 1 aliphatic heterocycles. The molecule has 0 spiro atoms. The molecule has 0 radical (unpaired) electrons. The fraction of sp³-hybridized carbons (Fsp3) is 0.278. The van der Waals surface area contributed by atoms with Gasteiger partial charge in [-0.05, 0) is 36.6 Å². The van der Waals surface area contributed by atoms with Crippen LogP contribution in [-0.2, 0) is 4.79 Å². The van der Waals surface area contributed by atoms with E-state index in [0.29, 0.717) is 13.1 Å². The van der Waals surface area contributed by atoms with Crippen molar-refractivity contribution in [3.8, 4) is 6.07 Å². The summed E-state index contributed by atoms with van der Waals surface area (Å²) in [5.41, 5.74) is 1.91. The molecule has 1 amide bonds. The Morgan fingerprint density at radius 1 is 1.27 bits per heavy atom. The van der Waals surface area contributed by atoms with Gasteiger partial charge in [0, 0.05) is 36.7 Å². The number of piperidine rings is 1. The molecule has 1 fully saturated rings. The summed E-state index contributed by atoms with van der Waals surface area (Å²) in [5, 5.41) is 9.93. The maximum Gasteiger partial charge on any atom is 0.246 e. The summed E-state index contributed by atoms with van der Waals surface area (Å²) in [6.45, 7) is 1.33. The molecule has 2 aromatic rings. The van der Waals surface area contributed by atoms with Gasteiger partial charge in [0.2, 0.25) is 5.91 Å². The minimum absolute atomic E-state index is 0.0114. The Balaban J connectivity index is 1.73. The monoisotopic (exact) mass is 291 g/mol. The maximum atomic E-state index is 12.2. The van der Waals surface area contributed by atoms with Crippen molar-refractivity contribution in [2.45, 2.75) is 12.8 Å². The zero-order valence-corrected chi connectivity index (χ0v) is 12.3. The van der Waals surface area contributed by atoms with Crippen molar-refractivity contribution in [3.63, 3.8) is 0 Å². The van der Waals surface area contributed by atoms with Crippen molar-refractivity contribution in [1.82, 2.24) is 9.88 Å². The van der Waals surface area contributed by atoms with Crippen LogP contribution in [0, 0.1) is 17.2 Å². The van der Waals surface area contributed by atoms with Crippen LogP contribution in [0.2, 0.25) is 0 Å². The first-order chi connectivity index (χ1) is 10.8. The smallest absolute Gasteiger partial charge is 0.246 e. The largest absolute Gasteiger partial charge is 0.339 e. The van der Waals surface area contributed by atoms with Gasteiger partial charge < -0.3 is 4.90 Å². The highest BCUT2D eigenvalue weighted by atomic mass is 16.2. The molecule has 3 rings (SSSR count). The quantitative estimate of drug-likeness (QED) is 0.799. The number of likely N-dealkylation sites (tertiary alicyclic amines) is 1. The Morgan fingerprint density at radius 3 is 2.82 bits per heavy atom. The second-order valence-corrected chi connectivity index (χ2v) is 5.48. The van der Waals surface area contributed by atoms with Gasteiger partial charge in [0.15, 0.2) is 0 Å². The SMILES string of the molecule is N#CC1CCN(C(=O)/C=C/c2ccnc3ccccc23)CC1. The number of pyridine rings is 1. The first kappa shape index (κ1) is 14.3. The fourth-order valence-electron chi connectivity index (χ4n) is 2.76. The van der Waals surface area contributed by atoms with E-state index in [-0.39, 0.29) is 11.8 Å². The predicted octanol–water partition coefficient (Wildman–Crippen LogP) is 3.01. The normalized spacial score (nSPS) is 16.0. The third kappa shape index (κ3) is 2.99. The molecule has 0 N–H and O–H groups in total. The number of carbonyl (C=O) groups is 1. The molecule has 0 bridgehead atoms. The number of aromatic nitrogens is 1. The third-order valence-electron chi connectivity index (χ3n) is 4.08. The lowest BCUT2D eigenvalue weighted by molar-refractivity contribution is -0.127. The van der Waals surface area contributed by atoms with Crippen LogP contribution in [0.3, 0.4) is 0 Å². The van der Waals surface area contributed by atoms with Crippen molar-refractivity contribution in [2.24, 2.45) is 5.92 Å². The average molecular weight is 291 g/mol. The highest BCUT2D eigenvalue weighted by Crippen LogP contribution is 2.19. The summed E-state index contributed by atoms with van der Waals surface area (Å²) in [5.74, 6) is 0.106. The van der Waals surface area contributed by atoms with Crippen LogP contribution in [0.15, 0.2) is 42.6 Å². The molecule has 22 heavy (non-hydrogen) atoms. The Bertz CT molecular complexity index is 747. The van der Waals surface area contributed by atoms with E-state index in [9.17, 15) is 4.79 Å². The van der Waals surface area contributed by atoms with Gasteiger partial charge in [-0.25, -0.2) is 0 Å². The van der Waals surface area contributed by atoms with E-state index in [1.807, 2.05) is 41.3 Å². The Kier molecular flexibility index (Phi) is 4.15. The molecular formula is C18H17N3O. The van der Waals surface area contributed by atoms with Crippen LogP contribution < -0.4 is 0 Å². The fourth-order valence-corrected chi connectivity index (χ4v) is 2.76. The number of para-hydroxylation sites is 1. The van der Waals surface area contributed by atoms with Crippen molar-refractivity contribution in [3.05, 3.63) is 48.2 Å². The molecule has 1 saturated heterocycles. The van der Waals surface area contributed by atoms with Crippen LogP contribution >= 0.6 is 0 Å². The first-order valence-corrected chi connectivity index (χ1v) is 7.48. The summed E-state index contributed by atoms with van der Waals surface area (Å²) in [4.78, 5) is 18.4. The van der Waals surface area contributed by atoms with E-state index in [1.54, 1.807) is 12.3 Å². The van der Waals surface area contributed by atoms with Gasteiger partial charge in [-0.15, -0.1) is 0 Å². The molecule has 110 valence electrons. The number of fused-ring (bicyclic) bond motifs is 1. The van der Waals surface area contributed by atoms with E-state index < -0.39 is 0 Å². The highest BCUT2D eigenvalue weighted by Gasteiger charge is 2.20. The minimum atomic E-state index is 0.0114. The van der Waals surface area contributed by atoms with Crippen molar-refractivity contribution < 1.29 is 4.79 Å². The lowest BCUT2D eigenvalue weighted by Gasteiger charge is -2.28. The van der Waals surface area contributed by atoms with E-state index >= 15 is 0 Å². The van der Waals surface area contributed by atoms with Crippen molar-refractivity contribution in [1.29, 1.82) is 5.26 Å². The Morgan fingerprint density at radius 2 is 2.05 bits per heavy atom. The number of nitrogens with zero attached hydrogens (tertiary/aromatic N) is 3. The second-order valence-electron chi connectivity index (χ2n) is 5.48. The van der Waals surface area contributed by atoms with Gasteiger partial charge in [0.1, 0.15) is 0 Å². The average Bonchev–Trinajstić information content (AvgIpc) is 2.59. The molecule has 2 heterocycles. The first-order valence-electron chi connectivity index (χ1n) is 7.48. The van der Waals surface area contributed by atoms with E-state index in [0.717, 1.165) is 29.3 Å². The molecule has 0 unspecified atom stereocenters. The van der Waals surface area contributed by atoms with E-state index in [1.165, 1.54) is 0 Å². The maximum absolute atomic E-state index is 12.2. The number of amides is 1. The van der Waals surface area contributed by atoms with E-state index in [2.05, 4.69) is 11.1 Å². The molecular weight excluding hydrogens is 274 g/mol. The lowest BCUT2D eigenvalue weighted by atomic mass is 9.98. The van der Waals surface area contributed by atoms with Crippen LogP contribution in [-0.4, -0.2) is 28.9 Å². The van der Waals surface area contributed by atoms with Gasteiger partial charge in [0.05, 0.1) is 11.6 Å². The third-order valence-corrected chi connectivity index (χ3v) is 4.08. The molecule has 0 saturated carbocycles. The van der Waals surface area contributed by atoms with Gasteiger partial charge in [-0.1, -0.05) is 18.2 Å². The van der Waals surface area contributed by atoms with Crippen molar-refractivity contribution in [2.75, 3.05) is 13.1 Å². The summed E-state index contributed by atoms with van der Waals surface area (Å²) < 4.78 is 0. The lowest BCUT2D eigenvalue weighted by Crippen LogP contribution is -2.37. The minimum Gasteiger partial charge on any atom is -0.339 e. The summed E-state index contributed by atoms with van der Waals surface area (Å²) in [7, 11) is 0. The summed E-state index contributed by atoms with van der Waals surface area (Å²) in [6.07, 6.45) is 6.77. The van der Waals surface area contributed by atoms with E-state index in [4.69, 9.17) is 5.26 Å². The Hall–Kier alpha value is -2.67. The van der Waals surface area contributed by atoms with Crippen LogP contribution in [0.4, 0.5) is 0 Å². The zero-order valence-electron chi connectivity index (χ0n) is 12.3. The zero-order chi connectivity index (χ0) is 15.4. The summed E-state index contributed by atoms with van der Waals surface area (Å²) >= 11 is 0. The second kappa shape index (κ2) is 6.40. The number of hydrogen-bond acceptors (Lipinski definition) is 3. The number of carbonyl (C=O) groups excluding carboxylic acids is 1. The molecule has 1 aromatic carbocycles. The number of hydrogen-bond donors (Lipinski definition) is 0. The topological polar surface area (TPSA) is 57.0 Å². The highest BCUT2D eigenvalue weighted by molar-refractivity contribution is 5.95. The molecule has 1 aromatic heterocycles. The molecule has 4 heteroatoms. The van der Waals surface area contributed by atoms with Crippen LogP contribution in [0.25, 0.3) is 17.0 Å². The molecule has 4 nitrogen and oxygen atoms in total. The number of rotatable bonds is 2. The van der Waals surface area contributed by atoms with Gasteiger partial charge in [0.25, 0.3) is 0 Å². The van der Waals surface area contributed by atoms with Crippen LogP contribution in [0.5, 0.6) is 0 Å². The Labute approximate surface area is 129 Å². The van der Waals surface area contributed by atoms with Crippen LogP contribution in [0.1, 0.15) is 18.4 Å². The van der Waals surface area contributed by atoms with Gasteiger partial charge >= 0.3 is 0 Å². The number of benzene rings is 1. The molecule has 0 atom stereocenters. The summed E-state index contributed by atoms with van der Waals surface area (Å²) in [6, 6.07) is 12.1. The van der Waals surface area contributed by atoms with Gasteiger partial charge in [-0.2, -0.15) is 5.26 Å². The molecule has 0 aliphatic carbocycles.